The van der Waals surface area contributed by atoms with E-state index in [1.807, 2.05) is 20.8 Å². The highest BCUT2D eigenvalue weighted by atomic mass is 16.2. The normalized spacial score (nSPS) is 27.5. The highest BCUT2D eigenvalue weighted by molar-refractivity contribution is 6.38. The van der Waals surface area contributed by atoms with Crippen LogP contribution in [-0.2, 0) is 19.2 Å². The molecule has 10 heteroatoms. The Hall–Kier alpha value is -2.65. The predicted molar refractivity (Wildman–Crippen MR) is 146 cm³/mol. The minimum atomic E-state index is -0.916. The number of amides is 5. The first-order valence-corrected chi connectivity index (χ1v) is 14.7. The Balaban J connectivity index is 1.51. The largest absolute Gasteiger partial charge is 0.353 e. The number of urea groups is 1. The van der Waals surface area contributed by atoms with Crippen LogP contribution in [0.3, 0.4) is 0 Å². The predicted octanol–water partition coefficient (Wildman–Crippen LogP) is 2.12. The van der Waals surface area contributed by atoms with E-state index in [9.17, 15) is 24.0 Å². The van der Waals surface area contributed by atoms with Gasteiger partial charge in [-0.2, -0.15) is 0 Å². The van der Waals surface area contributed by atoms with Gasteiger partial charge >= 0.3 is 6.03 Å². The quantitative estimate of drug-likeness (QED) is 0.329. The molecule has 3 saturated carbocycles. The van der Waals surface area contributed by atoms with Gasteiger partial charge in [0.25, 0.3) is 5.91 Å². The molecule has 5 amide bonds. The average molecular weight is 546 g/mol. The Morgan fingerprint density at radius 3 is 2.15 bits per heavy atom. The zero-order valence-corrected chi connectivity index (χ0v) is 24.4. The van der Waals surface area contributed by atoms with Crippen LogP contribution in [-0.4, -0.2) is 72.2 Å². The molecule has 1 saturated heterocycles. The van der Waals surface area contributed by atoms with Crippen LogP contribution < -0.4 is 21.3 Å². The van der Waals surface area contributed by atoms with E-state index in [0.717, 1.165) is 38.5 Å². The lowest BCUT2D eigenvalue weighted by molar-refractivity contribution is -0.145. The molecule has 10 nitrogen and oxygen atoms in total. The standard InChI is InChI=1S/C29H47N5O5/c1-28(2,3)23(33-27(39)31-17-10-8-7-9-11-17)26(38)34-15-18-20(29(18,4)5)21(34)24(36)32-19(14-16-12-13-16)22(35)25(37)30-6/h16-21,23H,7-15H2,1-6H3,(H,30,37)(H,32,36)(H2,31,33,39)/t18?,19?,20?,21-,23?/m0/s1. The molecule has 4 rings (SSSR count). The third-order valence-electron chi connectivity index (χ3n) is 9.44. The van der Waals surface area contributed by atoms with Crippen LogP contribution in [0.15, 0.2) is 0 Å². The molecule has 1 aliphatic heterocycles. The zero-order valence-electron chi connectivity index (χ0n) is 24.4. The summed E-state index contributed by atoms with van der Waals surface area (Å²) in [5, 5.41) is 11.2. The Kier molecular flexibility index (Phi) is 8.34. The van der Waals surface area contributed by atoms with Crippen LogP contribution in [0, 0.1) is 28.6 Å². The van der Waals surface area contributed by atoms with E-state index in [4.69, 9.17) is 0 Å². The molecule has 4 unspecified atom stereocenters. The summed E-state index contributed by atoms with van der Waals surface area (Å²) in [6, 6.07) is -2.76. The fourth-order valence-corrected chi connectivity index (χ4v) is 6.69. The van der Waals surface area contributed by atoms with Crippen molar-refractivity contribution >= 4 is 29.5 Å². The van der Waals surface area contributed by atoms with E-state index in [-0.39, 0.29) is 35.2 Å². The number of hydrogen-bond acceptors (Lipinski definition) is 5. The van der Waals surface area contributed by atoms with E-state index in [2.05, 4.69) is 35.1 Å². The van der Waals surface area contributed by atoms with Gasteiger partial charge in [-0.1, -0.05) is 66.7 Å². The van der Waals surface area contributed by atoms with E-state index in [1.165, 1.54) is 13.5 Å². The number of nitrogens with zero attached hydrogens (tertiary/aromatic N) is 1. The van der Waals surface area contributed by atoms with Crippen molar-refractivity contribution in [3.63, 3.8) is 0 Å². The van der Waals surface area contributed by atoms with Crippen molar-refractivity contribution in [2.75, 3.05) is 13.6 Å². The molecule has 4 aliphatic rings. The molecule has 218 valence electrons. The molecule has 0 spiro atoms. The van der Waals surface area contributed by atoms with Crippen LogP contribution in [0.4, 0.5) is 4.79 Å². The number of likely N-dealkylation sites (N-methyl/N-ethyl adjacent to an activating group) is 1. The maximum absolute atomic E-state index is 14.0. The van der Waals surface area contributed by atoms with Crippen molar-refractivity contribution in [3.05, 3.63) is 0 Å². The number of rotatable bonds is 9. The first kappa shape index (κ1) is 29.3. The lowest BCUT2D eigenvalue weighted by atomic mass is 9.85. The van der Waals surface area contributed by atoms with Gasteiger partial charge in [-0.3, -0.25) is 19.2 Å². The van der Waals surface area contributed by atoms with E-state index in [1.54, 1.807) is 4.90 Å². The molecule has 0 aromatic carbocycles. The number of likely N-dealkylation sites (tertiary alicyclic amines) is 1. The third-order valence-corrected chi connectivity index (χ3v) is 9.44. The Labute approximate surface area is 232 Å². The smallest absolute Gasteiger partial charge is 0.315 e. The number of Topliss-reactive ketones (excluding diaryl/α,β-unsaturated/α-hetero) is 1. The van der Waals surface area contributed by atoms with Crippen LogP contribution in [0.5, 0.6) is 0 Å². The van der Waals surface area contributed by atoms with Crippen molar-refractivity contribution in [1.29, 1.82) is 0 Å². The monoisotopic (exact) mass is 545 g/mol. The number of carbonyl (C=O) groups excluding carboxylic acids is 5. The van der Waals surface area contributed by atoms with Gasteiger partial charge in [-0.15, -0.1) is 0 Å². The van der Waals surface area contributed by atoms with Crippen LogP contribution in [0.25, 0.3) is 0 Å². The van der Waals surface area contributed by atoms with Gasteiger partial charge in [0.15, 0.2) is 0 Å². The summed E-state index contributed by atoms with van der Waals surface area (Å²) in [5.41, 5.74) is -0.702. The van der Waals surface area contributed by atoms with Crippen molar-refractivity contribution in [3.8, 4) is 0 Å². The number of ketones is 1. The summed E-state index contributed by atoms with van der Waals surface area (Å²) in [6.07, 6.45) is 7.58. The zero-order chi connectivity index (χ0) is 28.7. The molecule has 0 bridgehead atoms. The molecular weight excluding hydrogens is 498 g/mol. The molecule has 1 heterocycles. The number of hydrogen-bond donors (Lipinski definition) is 4. The summed E-state index contributed by atoms with van der Waals surface area (Å²) in [5.74, 6) is -1.66. The molecule has 0 radical (unpaired) electrons. The van der Waals surface area contributed by atoms with Gasteiger partial charge < -0.3 is 26.2 Å². The first-order valence-electron chi connectivity index (χ1n) is 14.7. The maximum Gasteiger partial charge on any atom is 0.315 e. The van der Waals surface area contributed by atoms with Gasteiger partial charge in [0.1, 0.15) is 12.1 Å². The van der Waals surface area contributed by atoms with Crippen molar-refractivity contribution in [1.82, 2.24) is 26.2 Å². The summed E-state index contributed by atoms with van der Waals surface area (Å²) in [6.45, 7) is 10.3. The fourth-order valence-electron chi connectivity index (χ4n) is 6.69. The Morgan fingerprint density at radius 1 is 0.949 bits per heavy atom. The minimum absolute atomic E-state index is 0.0465. The van der Waals surface area contributed by atoms with Crippen LogP contribution >= 0.6 is 0 Å². The third kappa shape index (κ3) is 6.40. The molecule has 5 atom stereocenters. The van der Waals surface area contributed by atoms with Gasteiger partial charge in [0.05, 0.1) is 6.04 Å². The topological polar surface area (TPSA) is 137 Å². The number of piperidine rings is 1. The van der Waals surface area contributed by atoms with Crippen molar-refractivity contribution < 1.29 is 24.0 Å². The molecule has 3 aliphatic carbocycles. The second-order valence-corrected chi connectivity index (χ2v) is 13.8. The van der Waals surface area contributed by atoms with E-state index >= 15 is 0 Å². The molecule has 0 aromatic rings. The van der Waals surface area contributed by atoms with Gasteiger partial charge in [0.2, 0.25) is 17.6 Å². The minimum Gasteiger partial charge on any atom is -0.353 e. The van der Waals surface area contributed by atoms with Gasteiger partial charge in [0, 0.05) is 19.6 Å². The molecule has 39 heavy (non-hydrogen) atoms. The number of nitrogens with one attached hydrogen (secondary N) is 4. The number of carbonyl (C=O) groups is 5. The lowest BCUT2D eigenvalue weighted by Crippen LogP contribution is -2.61. The summed E-state index contributed by atoms with van der Waals surface area (Å²) >= 11 is 0. The average Bonchev–Trinajstić information content (AvgIpc) is 3.73. The van der Waals surface area contributed by atoms with Crippen LogP contribution in [0.1, 0.15) is 86.0 Å². The Morgan fingerprint density at radius 2 is 1.59 bits per heavy atom. The molecule has 0 aromatic heterocycles. The highest BCUT2D eigenvalue weighted by Crippen LogP contribution is 2.65. The van der Waals surface area contributed by atoms with Crippen molar-refractivity contribution in [2.24, 2.45) is 28.6 Å². The first-order chi connectivity index (χ1) is 18.3. The highest BCUT2D eigenvalue weighted by Gasteiger charge is 2.70. The van der Waals surface area contributed by atoms with E-state index in [0.29, 0.717) is 18.9 Å². The maximum atomic E-state index is 14.0. The lowest BCUT2D eigenvalue weighted by Gasteiger charge is -2.38. The Bertz CT molecular complexity index is 995. The summed E-state index contributed by atoms with van der Waals surface area (Å²) in [4.78, 5) is 67.3. The van der Waals surface area contributed by atoms with Gasteiger partial charge in [-0.25, -0.2) is 4.79 Å². The molecule has 4 fully saturated rings. The summed E-state index contributed by atoms with van der Waals surface area (Å²) in [7, 11) is 1.40. The van der Waals surface area contributed by atoms with Crippen LogP contribution in [0.2, 0.25) is 0 Å². The second kappa shape index (κ2) is 11.1. The summed E-state index contributed by atoms with van der Waals surface area (Å²) < 4.78 is 0. The van der Waals surface area contributed by atoms with Crippen molar-refractivity contribution in [2.45, 2.75) is 110 Å². The second-order valence-electron chi connectivity index (χ2n) is 13.8. The fraction of sp³-hybridized carbons (Fsp3) is 0.828. The molecular formula is C29H47N5O5. The van der Waals surface area contributed by atoms with E-state index < -0.39 is 41.1 Å². The number of fused-ring (bicyclic) bond motifs is 1. The molecule has 4 N–H and O–H groups in total. The SMILES string of the molecule is CNC(=O)C(=O)C(CC1CC1)NC(=O)[C@@H]1C2C(CN1C(=O)C(NC(=O)NC1CCCCC1)C(C)(C)C)C2(C)C. The van der Waals surface area contributed by atoms with Gasteiger partial charge in [-0.05, 0) is 47.8 Å².